The van der Waals surface area contributed by atoms with Crippen molar-refractivity contribution in [3.63, 3.8) is 0 Å². The number of fused-ring (bicyclic) bond motifs is 4. The number of nitrogens with zero attached hydrogens (tertiary/aromatic N) is 2. The Hall–Kier alpha value is -5.05. The van der Waals surface area contributed by atoms with E-state index in [0.29, 0.717) is 39.8 Å². The molecule has 44 heavy (non-hydrogen) atoms. The van der Waals surface area contributed by atoms with Crippen LogP contribution in [0.15, 0.2) is 84.9 Å². The van der Waals surface area contributed by atoms with E-state index in [1.165, 1.54) is 11.1 Å². The van der Waals surface area contributed by atoms with Crippen LogP contribution in [0.1, 0.15) is 59.5 Å². The van der Waals surface area contributed by atoms with E-state index in [1.807, 2.05) is 18.2 Å². The summed E-state index contributed by atoms with van der Waals surface area (Å²) >= 11 is 5.91. The SMILES string of the molecule is C[C@H]1C[C@H]2[C@H](c3ccccc3)c3ccc4c(c3O[C@]23NC(=S)N[C@@H](c2ccccc2)[C@@H]3C1)Oc1cc(C#N)c(C#N)cc1O4. The second kappa shape index (κ2) is 10.0. The largest absolute Gasteiger partial charge is 0.463 e. The molecular formula is C36H28N4O3S. The first kappa shape index (κ1) is 26.6. The van der Waals surface area contributed by atoms with Crippen molar-refractivity contribution >= 4 is 17.3 Å². The van der Waals surface area contributed by atoms with Crippen LogP contribution in [0, 0.1) is 40.4 Å². The molecule has 8 rings (SSSR count). The average Bonchev–Trinajstić information content (AvgIpc) is 3.05. The molecule has 2 fully saturated rings. The Bertz CT molecular complexity index is 1900. The highest BCUT2D eigenvalue weighted by atomic mass is 32.1. The van der Waals surface area contributed by atoms with Crippen LogP contribution in [-0.2, 0) is 0 Å². The van der Waals surface area contributed by atoms with Crippen molar-refractivity contribution in [2.45, 2.75) is 37.5 Å². The van der Waals surface area contributed by atoms with Crippen molar-refractivity contribution in [3.05, 3.63) is 113 Å². The number of ether oxygens (including phenoxy) is 3. The Kier molecular flexibility index (Phi) is 6.04. The smallest absolute Gasteiger partial charge is 0.212 e. The zero-order valence-corrected chi connectivity index (χ0v) is 24.7. The number of nitriles is 2. The fourth-order valence-corrected chi connectivity index (χ4v) is 8.11. The molecule has 3 heterocycles. The van der Waals surface area contributed by atoms with E-state index < -0.39 is 5.72 Å². The fraction of sp³-hybridized carbons (Fsp3) is 0.250. The zero-order valence-electron chi connectivity index (χ0n) is 23.9. The molecule has 0 radical (unpaired) electrons. The molecule has 0 aromatic heterocycles. The average molecular weight is 597 g/mol. The summed E-state index contributed by atoms with van der Waals surface area (Å²) < 4.78 is 20.1. The lowest BCUT2D eigenvalue weighted by atomic mass is 9.58. The van der Waals surface area contributed by atoms with E-state index in [1.54, 1.807) is 12.1 Å². The van der Waals surface area contributed by atoms with Gasteiger partial charge in [-0.2, -0.15) is 10.5 Å². The molecule has 1 spiro atoms. The first-order chi connectivity index (χ1) is 21.5. The van der Waals surface area contributed by atoms with E-state index in [2.05, 4.69) is 84.3 Å². The lowest BCUT2D eigenvalue weighted by Crippen LogP contribution is -2.74. The summed E-state index contributed by atoms with van der Waals surface area (Å²) in [6.07, 6.45) is 1.89. The number of thiocarbonyl (C=S) groups is 1. The molecule has 8 heteroatoms. The van der Waals surface area contributed by atoms with Crippen LogP contribution in [0.3, 0.4) is 0 Å². The molecule has 216 valence electrons. The lowest BCUT2D eigenvalue weighted by Gasteiger charge is -2.60. The van der Waals surface area contributed by atoms with Gasteiger partial charge in [0.05, 0.1) is 17.2 Å². The molecule has 1 saturated heterocycles. The number of hydrogen-bond donors (Lipinski definition) is 2. The van der Waals surface area contributed by atoms with Crippen LogP contribution in [0.4, 0.5) is 0 Å². The van der Waals surface area contributed by atoms with Crippen molar-refractivity contribution in [3.8, 4) is 40.9 Å². The molecule has 0 amide bonds. The van der Waals surface area contributed by atoms with Crippen LogP contribution in [-0.4, -0.2) is 10.8 Å². The summed E-state index contributed by atoms with van der Waals surface area (Å²) in [5, 5.41) is 27.1. The van der Waals surface area contributed by atoms with Crippen molar-refractivity contribution in [2.24, 2.45) is 17.8 Å². The Morgan fingerprint density at radius 1 is 0.773 bits per heavy atom. The first-order valence-corrected chi connectivity index (χ1v) is 15.3. The van der Waals surface area contributed by atoms with Gasteiger partial charge in [-0.3, -0.25) is 0 Å². The molecule has 1 aliphatic carbocycles. The summed E-state index contributed by atoms with van der Waals surface area (Å²) in [7, 11) is 0. The van der Waals surface area contributed by atoms with Crippen molar-refractivity contribution < 1.29 is 14.2 Å². The van der Waals surface area contributed by atoms with Crippen LogP contribution in [0.25, 0.3) is 0 Å². The van der Waals surface area contributed by atoms with Crippen LogP contribution in [0.5, 0.6) is 28.7 Å². The minimum absolute atomic E-state index is 0.0130. The first-order valence-electron chi connectivity index (χ1n) is 14.9. The predicted octanol–water partition coefficient (Wildman–Crippen LogP) is 7.43. The van der Waals surface area contributed by atoms with Crippen LogP contribution >= 0.6 is 12.2 Å². The van der Waals surface area contributed by atoms with Gasteiger partial charge in [0.25, 0.3) is 0 Å². The number of benzene rings is 4. The summed E-state index contributed by atoms with van der Waals surface area (Å²) in [6.45, 7) is 2.33. The summed E-state index contributed by atoms with van der Waals surface area (Å²) in [5.41, 5.74) is 3.00. The van der Waals surface area contributed by atoms with E-state index in [9.17, 15) is 10.5 Å². The highest BCUT2D eigenvalue weighted by Crippen LogP contribution is 2.63. The molecule has 6 atom stereocenters. The maximum Gasteiger partial charge on any atom is 0.212 e. The van der Waals surface area contributed by atoms with E-state index in [-0.39, 0.29) is 34.9 Å². The summed E-state index contributed by atoms with van der Waals surface area (Å²) in [5.74, 6) is 2.85. The quantitative estimate of drug-likeness (QED) is 0.203. The van der Waals surface area contributed by atoms with Gasteiger partial charge in [-0.05, 0) is 48.2 Å². The molecule has 7 nitrogen and oxygen atoms in total. The molecule has 4 aromatic carbocycles. The van der Waals surface area contributed by atoms with E-state index >= 15 is 0 Å². The maximum absolute atomic E-state index is 9.67. The Morgan fingerprint density at radius 3 is 2.09 bits per heavy atom. The topological polar surface area (TPSA) is 99.3 Å². The molecule has 0 unspecified atom stereocenters. The molecular weight excluding hydrogens is 568 g/mol. The lowest BCUT2D eigenvalue weighted by molar-refractivity contribution is -0.133. The van der Waals surface area contributed by atoms with Crippen molar-refractivity contribution in [2.75, 3.05) is 0 Å². The van der Waals surface area contributed by atoms with Gasteiger partial charge >= 0.3 is 0 Å². The minimum Gasteiger partial charge on any atom is -0.463 e. The van der Waals surface area contributed by atoms with Gasteiger partial charge in [-0.1, -0.05) is 73.7 Å². The number of hydrogen-bond acceptors (Lipinski definition) is 6. The minimum atomic E-state index is -0.829. The zero-order chi connectivity index (χ0) is 30.0. The Labute approximate surface area is 261 Å². The fourth-order valence-electron chi connectivity index (χ4n) is 7.83. The molecule has 3 aliphatic heterocycles. The summed E-state index contributed by atoms with van der Waals surface area (Å²) in [6, 6.07) is 32.2. The van der Waals surface area contributed by atoms with Gasteiger partial charge in [-0.15, -0.1) is 0 Å². The van der Waals surface area contributed by atoms with Gasteiger partial charge in [0.2, 0.25) is 5.75 Å². The molecule has 4 aromatic rings. The van der Waals surface area contributed by atoms with Gasteiger partial charge in [0.15, 0.2) is 33.8 Å². The standard InChI is InChI=1S/C36H28N4O3S/c1-20-14-26-31(21-8-4-2-5-9-21)25-12-13-28-34(42-30-17-24(19-38)23(18-37)16-29(30)41-28)33(25)43-36(26)27(15-20)32(39-35(44)40-36)22-10-6-3-7-11-22/h2-13,16-17,20,26-27,31-32H,14-15H2,1H3,(H2,39,40,44)/t20-,26-,27-,31+,32-,36+/m0/s1. The molecule has 0 bridgehead atoms. The number of nitrogens with one attached hydrogen (secondary N) is 2. The second-order valence-corrected chi connectivity index (χ2v) is 12.6. The highest BCUT2D eigenvalue weighted by molar-refractivity contribution is 7.80. The molecule has 4 aliphatic rings. The van der Waals surface area contributed by atoms with Gasteiger partial charge in [0.1, 0.15) is 12.1 Å². The summed E-state index contributed by atoms with van der Waals surface area (Å²) in [4.78, 5) is 0. The number of rotatable bonds is 2. The molecule has 1 saturated carbocycles. The van der Waals surface area contributed by atoms with Crippen LogP contribution < -0.4 is 24.8 Å². The normalized spacial score (nSPS) is 27.3. The predicted molar refractivity (Wildman–Crippen MR) is 168 cm³/mol. The van der Waals surface area contributed by atoms with Crippen molar-refractivity contribution in [1.29, 1.82) is 10.5 Å². The monoisotopic (exact) mass is 596 g/mol. The van der Waals surface area contributed by atoms with Gasteiger partial charge in [0, 0.05) is 35.4 Å². The van der Waals surface area contributed by atoms with E-state index in [4.69, 9.17) is 26.4 Å². The Morgan fingerprint density at radius 2 is 1.41 bits per heavy atom. The maximum atomic E-state index is 9.67. The third-order valence-electron chi connectivity index (χ3n) is 9.60. The second-order valence-electron chi connectivity index (χ2n) is 12.1. The third kappa shape index (κ3) is 3.95. The van der Waals surface area contributed by atoms with E-state index in [0.717, 1.165) is 18.4 Å². The van der Waals surface area contributed by atoms with Crippen molar-refractivity contribution in [1.82, 2.24) is 10.6 Å². The van der Waals surface area contributed by atoms with Gasteiger partial charge < -0.3 is 24.8 Å². The molecule has 2 N–H and O–H groups in total. The Balaban J connectivity index is 1.33. The van der Waals surface area contributed by atoms with Crippen LogP contribution in [0.2, 0.25) is 0 Å². The highest BCUT2D eigenvalue weighted by Gasteiger charge is 2.62. The van der Waals surface area contributed by atoms with Gasteiger partial charge in [-0.25, -0.2) is 0 Å². The third-order valence-corrected chi connectivity index (χ3v) is 9.82.